The van der Waals surface area contributed by atoms with Crippen molar-refractivity contribution in [2.75, 3.05) is 0 Å². The molecule has 0 bridgehead atoms. The van der Waals surface area contributed by atoms with E-state index in [0.717, 1.165) is 4.47 Å². The number of rotatable bonds is 4. The molecule has 0 aliphatic carbocycles. The summed E-state index contributed by atoms with van der Waals surface area (Å²) in [6.07, 6.45) is -5.69. The molecule has 0 radical (unpaired) electrons. The summed E-state index contributed by atoms with van der Waals surface area (Å²) < 4.78 is 36.3. The maximum Gasteiger partial charge on any atom is 0.389 e. The van der Waals surface area contributed by atoms with Gasteiger partial charge < -0.3 is 5.11 Å². The van der Waals surface area contributed by atoms with E-state index < -0.39 is 18.7 Å². The van der Waals surface area contributed by atoms with Crippen LogP contribution in [0.5, 0.6) is 0 Å². The topological polar surface area (TPSA) is 20.2 Å². The third-order valence-corrected chi connectivity index (χ3v) is 3.86. The minimum Gasteiger partial charge on any atom is -0.388 e. The van der Waals surface area contributed by atoms with Gasteiger partial charge in [-0.15, -0.1) is 11.3 Å². The first kappa shape index (κ1) is 13.0. The van der Waals surface area contributed by atoms with Gasteiger partial charge in [-0.3, -0.25) is 0 Å². The third-order valence-electron chi connectivity index (χ3n) is 1.89. The van der Waals surface area contributed by atoms with Gasteiger partial charge in [0, 0.05) is 15.8 Å². The monoisotopic (exact) mass is 302 g/mol. The predicted molar refractivity (Wildman–Crippen MR) is 56.9 cm³/mol. The molecule has 0 aliphatic rings. The molecule has 0 saturated carbocycles. The standard InChI is InChI=1S/C9H10BrF3OS/c10-6-3-5-15-8(6)7(14)2-1-4-9(11,12)13/h3,5,7,14H,1-2,4H2. The number of hydrogen-bond donors (Lipinski definition) is 1. The molecule has 0 spiro atoms. The van der Waals surface area contributed by atoms with Crippen LogP contribution in [0.2, 0.25) is 0 Å². The number of alkyl halides is 3. The van der Waals surface area contributed by atoms with Crippen molar-refractivity contribution >= 4 is 27.3 Å². The lowest BCUT2D eigenvalue weighted by molar-refractivity contribution is -0.136. The molecule has 0 fully saturated rings. The van der Waals surface area contributed by atoms with E-state index in [1.165, 1.54) is 11.3 Å². The van der Waals surface area contributed by atoms with Crippen molar-refractivity contribution in [2.45, 2.75) is 31.5 Å². The molecule has 0 aromatic carbocycles. The summed E-state index contributed by atoms with van der Waals surface area (Å²) in [7, 11) is 0. The van der Waals surface area contributed by atoms with E-state index in [2.05, 4.69) is 15.9 Å². The second-order valence-electron chi connectivity index (χ2n) is 3.16. The van der Waals surface area contributed by atoms with E-state index in [0.29, 0.717) is 4.88 Å². The molecule has 1 nitrogen and oxygen atoms in total. The van der Waals surface area contributed by atoms with Crippen molar-refractivity contribution in [3.8, 4) is 0 Å². The third kappa shape index (κ3) is 4.53. The molecule has 86 valence electrons. The van der Waals surface area contributed by atoms with E-state index in [1.807, 2.05) is 0 Å². The van der Waals surface area contributed by atoms with Gasteiger partial charge in [-0.2, -0.15) is 13.2 Å². The average molecular weight is 303 g/mol. The second kappa shape index (κ2) is 5.32. The van der Waals surface area contributed by atoms with Gasteiger partial charge in [0.25, 0.3) is 0 Å². The van der Waals surface area contributed by atoms with Crippen LogP contribution in [0.1, 0.15) is 30.2 Å². The summed E-state index contributed by atoms with van der Waals surface area (Å²) in [5.74, 6) is 0. The van der Waals surface area contributed by atoms with Crippen molar-refractivity contribution in [1.82, 2.24) is 0 Å². The van der Waals surface area contributed by atoms with Crippen LogP contribution in [-0.2, 0) is 0 Å². The Morgan fingerprint density at radius 3 is 2.60 bits per heavy atom. The molecule has 6 heteroatoms. The van der Waals surface area contributed by atoms with E-state index in [4.69, 9.17) is 0 Å². The summed E-state index contributed by atoms with van der Waals surface area (Å²) in [5, 5.41) is 11.4. The molecule has 1 aromatic rings. The number of aliphatic hydroxyl groups excluding tert-OH is 1. The van der Waals surface area contributed by atoms with Crippen LogP contribution < -0.4 is 0 Å². The highest BCUT2D eigenvalue weighted by Gasteiger charge is 2.26. The lowest BCUT2D eigenvalue weighted by Gasteiger charge is -2.10. The van der Waals surface area contributed by atoms with Crippen molar-refractivity contribution in [1.29, 1.82) is 0 Å². The van der Waals surface area contributed by atoms with Crippen LogP contribution in [0, 0.1) is 0 Å². The van der Waals surface area contributed by atoms with E-state index >= 15 is 0 Å². The second-order valence-corrected chi connectivity index (χ2v) is 4.96. The minimum atomic E-state index is -4.13. The quantitative estimate of drug-likeness (QED) is 0.880. The van der Waals surface area contributed by atoms with Gasteiger partial charge >= 0.3 is 6.18 Å². The highest BCUT2D eigenvalue weighted by atomic mass is 79.9. The first-order valence-electron chi connectivity index (χ1n) is 4.38. The van der Waals surface area contributed by atoms with Gasteiger partial charge in [0.1, 0.15) is 0 Å². The molecule has 15 heavy (non-hydrogen) atoms. The Morgan fingerprint density at radius 1 is 1.47 bits per heavy atom. The van der Waals surface area contributed by atoms with Gasteiger partial charge in [-0.05, 0) is 40.2 Å². The predicted octanol–water partition coefficient (Wildman–Crippen LogP) is 4.28. The molecule has 0 saturated heterocycles. The Labute approximate surface area is 98.1 Å². The van der Waals surface area contributed by atoms with Crippen molar-refractivity contribution < 1.29 is 18.3 Å². The molecule has 1 heterocycles. The fraction of sp³-hybridized carbons (Fsp3) is 0.556. The highest BCUT2D eigenvalue weighted by molar-refractivity contribution is 9.10. The fourth-order valence-corrected chi connectivity index (χ4v) is 2.83. The maximum absolute atomic E-state index is 11.8. The van der Waals surface area contributed by atoms with Gasteiger partial charge in [0.15, 0.2) is 0 Å². The van der Waals surface area contributed by atoms with Crippen molar-refractivity contribution in [3.63, 3.8) is 0 Å². The first-order chi connectivity index (χ1) is 6.90. The van der Waals surface area contributed by atoms with E-state index in [1.54, 1.807) is 11.4 Å². The molecular formula is C9H10BrF3OS. The smallest absolute Gasteiger partial charge is 0.388 e. The van der Waals surface area contributed by atoms with Gasteiger partial charge in [0.05, 0.1) is 6.10 Å². The molecule has 1 rings (SSSR count). The van der Waals surface area contributed by atoms with Crippen molar-refractivity contribution in [3.05, 3.63) is 20.8 Å². The van der Waals surface area contributed by atoms with E-state index in [-0.39, 0.29) is 12.8 Å². The fourth-order valence-electron chi connectivity index (χ4n) is 1.17. The van der Waals surface area contributed by atoms with Crippen LogP contribution in [0.4, 0.5) is 13.2 Å². The summed E-state index contributed by atoms with van der Waals surface area (Å²) in [5.41, 5.74) is 0. The van der Waals surface area contributed by atoms with Crippen LogP contribution in [0.25, 0.3) is 0 Å². The molecule has 0 amide bonds. The summed E-state index contributed by atoms with van der Waals surface area (Å²) in [4.78, 5) is 0.692. The molecule has 1 N–H and O–H groups in total. The Morgan fingerprint density at radius 2 is 2.13 bits per heavy atom. The molecule has 1 unspecified atom stereocenters. The normalized spacial score (nSPS) is 14.2. The van der Waals surface area contributed by atoms with Gasteiger partial charge in [-0.25, -0.2) is 0 Å². The summed E-state index contributed by atoms with van der Waals surface area (Å²) >= 11 is 4.56. The average Bonchev–Trinajstić information content (AvgIpc) is 2.48. The van der Waals surface area contributed by atoms with Crippen LogP contribution >= 0.6 is 27.3 Å². The number of aliphatic hydroxyl groups is 1. The lowest BCUT2D eigenvalue weighted by Crippen LogP contribution is -2.07. The molecular weight excluding hydrogens is 293 g/mol. The molecule has 1 atom stereocenters. The minimum absolute atomic E-state index is 0.0466. The van der Waals surface area contributed by atoms with Crippen LogP contribution in [0.3, 0.4) is 0 Å². The highest BCUT2D eigenvalue weighted by Crippen LogP contribution is 2.33. The van der Waals surface area contributed by atoms with Crippen LogP contribution in [-0.4, -0.2) is 11.3 Å². The van der Waals surface area contributed by atoms with E-state index in [9.17, 15) is 18.3 Å². The zero-order chi connectivity index (χ0) is 11.5. The molecule has 0 aliphatic heterocycles. The Kier molecular flexibility index (Phi) is 4.61. The number of hydrogen-bond acceptors (Lipinski definition) is 2. The zero-order valence-electron chi connectivity index (χ0n) is 7.72. The van der Waals surface area contributed by atoms with Crippen LogP contribution in [0.15, 0.2) is 15.9 Å². The summed E-state index contributed by atoms with van der Waals surface area (Å²) in [6, 6.07) is 1.77. The Hall–Kier alpha value is -0.0700. The molecule has 1 aromatic heterocycles. The lowest BCUT2D eigenvalue weighted by atomic mass is 10.1. The maximum atomic E-state index is 11.8. The SMILES string of the molecule is OC(CCCC(F)(F)F)c1sccc1Br. The zero-order valence-corrected chi connectivity index (χ0v) is 10.1. The van der Waals surface area contributed by atoms with Crippen molar-refractivity contribution in [2.24, 2.45) is 0 Å². The summed E-state index contributed by atoms with van der Waals surface area (Å²) in [6.45, 7) is 0. The number of halogens is 4. The largest absolute Gasteiger partial charge is 0.389 e. The van der Waals surface area contributed by atoms with Gasteiger partial charge in [0.2, 0.25) is 0 Å². The Balaban J connectivity index is 2.37. The Bertz CT molecular complexity index is 311. The number of thiophene rings is 1. The van der Waals surface area contributed by atoms with Gasteiger partial charge in [-0.1, -0.05) is 0 Å². The first-order valence-corrected chi connectivity index (χ1v) is 6.05.